The molecule has 1 aromatic heterocycles. The van der Waals surface area contributed by atoms with Crippen LogP contribution in [-0.4, -0.2) is 22.6 Å². The molecule has 1 heterocycles. The quantitative estimate of drug-likeness (QED) is 0.574. The second-order valence-electron chi connectivity index (χ2n) is 5.84. The molecule has 0 aliphatic rings. The lowest BCUT2D eigenvalue weighted by atomic mass is 10.1. The third kappa shape index (κ3) is 3.56. The highest BCUT2D eigenvalue weighted by Gasteiger charge is 2.07. The Morgan fingerprint density at radius 2 is 1.75 bits per heavy atom. The molecular formula is C19H23N5. The van der Waals surface area contributed by atoms with Crippen molar-refractivity contribution >= 4 is 17.0 Å². The standard InChI is InChI=1S/C19H23N5/c1-14-8-10-15(11-9-14)12-21-19(20-2)22-13-18-23-16-6-4-5-7-17(16)24(18)3/h4-11H,12-13H2,1-3H3,(H2,20,21,22). The van der Waals surface area contributed by atoms with Crippen molar-refractivity contribution < 1.29 is 0 Å². The Morgan fingerprint density at radius 3 is 2.46 bits per heavy atom. The summed E-state index contributed by atoms with van der Waals surface area (Å²) in [5, 5.41) is 6.66. The first-order valence-electron chi connectivity index (χ1n) is 8.08. The third-order valence-corrected chi connectivity index (χ3v) is 4.10. The molecule has 0 spiro atoms. The molecule has 0 saturated heterocycles. The average Bonchev–Trinajstić information content (AvgIpc) is 2.93. The molecule has 3 aromatic rings. The molecule has 5 nitrogen and oxygen atoms in total. The Bertz CT molecular complexity index is 846. The van der Waals surface area contributed by atoms with Crippen molar-refractivity contribution in [3.63, 3.8) is 0 Å². The monoisotopic (exact) mass is 321 g/mol. The molecule has 0 bridgehead atoms. The first-order chi connectivity index (χ1) is 11.7. The number of hydrogen-bond donors (Lipinski definition) is 2. The van der Waals surface area contributed by atoms with Gasteiger partial charge in [0.25, 0.3) is 0 Å². The summed E-state index contributed by atoms with van der Waals surface area (Å²) in [5.74, 6) is 1.75. The Hall–Kier alpha value is -2.82. The fourth-order valence-corrected chi connectivity index (χ4v) is 2.63. The largest absolute Gasteiger partial charge is 0.352 e. The number of hydrogen-bond acceptors (Lipinski definition) is 2. The third-order valence-electron chi connectivity index (χ3n) is 4.10. The van der Waals surface area contributed by atoms with Crippen molar-refractivity contribution in [3.05, 3.63) is 65.5 Å². The van der Waals surface area contributed by atoms with Gasteiger partial charge < -0.3 is 15.2 Å². The summed E-state index contributed by atoms with van der Waals surface area (Å²) >= 11 is 0. The maximum atomic E-state index is 4.66. The highest BCUT2D eigenvalue weighted by molar-refractivity contribution is 5.80. The number of benzene rings is 2. The summed E-state index contributed by atoms with van der Waals surface area (Å²) in [4.78, 5) is 8.94. The lowest BCUT2D eigenvalue weighted by Gasteiger charge is -2.12. The van der Waals surface area contributed by atoms with Crippen LogP contribution in [0.15, 0.2) is 53.5 Å². The Kier molecular flexibility index (Phi) is 4.79. The number of fused-ring (bicyclic) bond motifs is 1. The predicted molar refractivity (Wildman–Crippen MR) is 98.9 cm³/mol. The summed E-state index contributed by atoms with van der Waals surface area (Å²) in [6.45, 7) is 3.45. The van der Waals surface area contributed by atoms with Gasteiger partial charge in [-0.25, -0.2) is 4.98 Å². The molecule has 0 unspecified atom stereocenters. The zero-order valence-electron chi connectivity index (χ0n) is 14.4. The number of aromatic nitrogens is 2. The molecule has 0 fully saturated rings. The molecule has 3 rings (SSSR count). The molecule has 2 N–H and O–H groups in total. The van der Waals surface area contributed by atoms with Crippen LogP contribution in [0.5, 0.6) is 0 Å². The van der Waals surface area contributed by atoms with Crippen molar-refractivity contribution in [1.82, 2.24) is 20.2 Å². The van der Waals surface area contributed by atoms with Crippen LogP contribution in [0.1, 0.15) is 17.0 Å². The fraction of sp³-hybridized carbons (Fsp3) is 0.263. The van der Waals surface area contributed by atoms with Gasteiger partial charge in [0.1, 0.15) is 5.82 Å². The van der Waals surface area contributed by atoms with Gasteiger partial charge in [-0.05, 0) is 24.6 Å². The van der Waals surface area contributed by atoms with E-state index in [4.69, 9.17) is 0 Å². The first-order valence-corrected chi connectivity index (χ1v) is 8.08. The van der Waals surface area contributed by atoms with Gasteiger partial charge in [0.2, 0.25) is 0 Å². The predicted octanol–water partition coefficient (Wildman–Crippen LogP) is 2.75. The Morgan fingerprint density at radius 1 is 1.04 bits per heavy atom. The summed E-state index contributed by atoms with van der Waals surface area (Å²) < 4.78 is 2.11. The second kappa shape index (κ2) is 7.17. The lowest BCUT2D eigenvalue weighted by molar-refractivity contribution is 0.736. The van der Waals surface area contributed by atoms with Gasteiger partial charge in [-0.3, -0.25) is 4.99 Å². The molecule has 2 aromatic carbocycles. The van der Waals surface area contributed by atoms with Crippen molar-refractivity contribution in [2.24, 2.45) is 12.0 Å². The van der Waals surface area contributed by atoms with Crippen molar-refractivity contribution in [3.8, 4) is 0 Å². The fourth-order valence-electron chi connectivity index (χ4n) is 2.63. The van der Waals surface area contributed by atoms with Crippen LogP contribution in [0.2, 0.25) is 0 Å². The van der Waals surface area contributed by atoms with Crippen LogP contribution in [0, 0.1) is 6.92 Å². The van der Waals surface area contributed by atoms with E-state index in [2.05, 4.69) is 62.4 Å². The summed E-state index contributed by atoms with van der Waals surface area (Å²) in [5.41, 5.74) is 4.64. The topological polar surface area (TPSA) is 54.2 Å². The maximum absolute atomic E-state index is 4.66. The normalized spacial score (nSPS) is 11.7. The summed E-state index contributed by atoms with van der Waals surface area (Å²) in [7, 11) is 3.81. The van der Waals surface area contributed by atoms with Crippen molar-refractivity contribution in [2.75, 3.05) is 7.05 Å². The average molecular weight is 321 g/mol. The Labute approximate surface area is 142 Å². The number of guanidine groups is 1. The molecule has 0 aliphatic carbocycles. The highest BCUT2D eigenvalue weighted by atomic mass is 15.2. The van der Waals surface area contributed by atoms with E-state index in [-0.39, 0.29) is 0 Å². The highest BCUT2D eigenvalue weighted by Crippen LogP contribution is 2.13. The number of nitrogens with one attached hydrogen (secondary N) is 2. The minimum Gasteiger partial charge on any atom is -0.352 e. The van der Waals surface area contributed by atoms with E-state index in [0.29, 0.717) is 6.54 Å². The molecular weight excluding hydrogens is 298 g/mol. The van der Waals surface area contributed by atoms with Gasteiger partial charge >= 0.3 is 0 Å². The van der Waals surface area contributed by atoms with E-state index in [9.17, 15) is 0 Å². The summed E-state index contributed by atoms with van der Waals surface area (Å²) in [6, 6.07) is 16.6. The van der Waals surface area contributed by atoms with Crippen molar-refractivity contribution in [2.45, 2.75) is 20.0 Å². The van der Waals surface area contributed by atoms with Crippen molar-refractivity contribution in [1.29, 1.82) is 0 Å². The van der Waals surface area contributed by atoms with Gasteiger partial charge in [0.15, 0.2) is 5.96 Å². The van der Waals surface area contributed by atoms with Gasteiger partial charge in [0.05, 0.1) is 17.6 Å². The van der Waals surface area contributed by atoms with Gasteiger partial charge in [0, 0.05) is 20.6 Å². The second-order valence-corrected chi connectivity index (χ2v) is 5.84. The maximum Gasteiger partial charge on any atom is 0.191 e. The van der Waals surface area contributed by atoms with Crippen LogP contribution in [-0.2, 0) is 20.1 Å². The minimum atomic E-state index is 0.624. The van der Waals surface area contributed by atoms with Gasteiger partial charge in [-0.15, -0.1) is 0 Å². The number of para-hydroxylation sites is 2. The van der Waals surface area contributed by atoms with Gasteiger partial charge in [-0.1, -0.05) is 42.0 Å². The summed E-state index contributed by atoms with van der Waals surface area (Å²) in [6.07, 6.45) is 0. The molecule has 0 aliphatic heterocycles. The van der Waals surface area contributed by atoms with Crippen LogP contribution in [0.3, 0.4) is 0 Å². The van der Waals surface area contributed by atoms with E-state index >= 15 is 0 Å². The molecule has 24 heavy (non-hydrogen) atoms. The van der Waals surface area contributed by atoms with Crippen LogP contribution >= 0.6 is 0 Å². The molecule has 124 valence electrons. The minimum absolute atomic E-state index is 0.624. The lowest BCUT2D eigenvalue weighted by Crippen LogP contribution is -2.36. The first kappa shape index (κ1) is 16.1. The van der Waals surface area contributed by atoms with E-state index in [1.807, 2.05) is 25.2 Å². The number of aryl methyl sites for hydroxylation is 2. The van der Waals surface area contributed by atoms with E-state index in [1.165, 1.54) is 11.1 Å². The zero-order chi connectivity index (χ0) is 16.9. The number of imidazole rings is 1. The number of nitrogens with zero attached hydrogens (tertiary/aromatic N) is 3. The number of aliphatic imine (C=N–C) groups is 1. The van der Waals surface area contributed by atoms with E-state index < -0.39 is 0 Å². The zero-order valence-corrected chi connectivity index (χ0v) is 14.4. The van der Waals surface area contributed by atoms with Gasteiger partial charge in [-0.2, -0.15) is 0 Å². The van der Waals surface area contributed by atoms with Crippen LogP contribution in [0.4, 0.5) is 0 Å². The van der Waals surface area contributed by atoms with Crippen LogP contribution in [0.25, 0.3) is 11.0 Å². The molecule has 5 heteroatoms. The molecule has 0 amide bonds. The van der Waals surface area contributed by atoms with Crippen LogP contribution < -0.4 is 10.6 Å². The number of rotatable bonds is 4. The Balaban J connectivity index is 1.61. The molecule has 0 atom stereocenters. The van der Waals surface area contributed by atoms with E-state index in [0.717, 1.165) is 29.4 Å². The molecule has 0 radical (unpaired) electrons. The SMILES string of the molecule is CN=C(NCc1ccc(C)cc1)NCc1nc2ccccc2n1C. The molecule has 0 saturated carbocycles. The smallest absolute Gasteiger partial charge is 0.191 e. The van der Waals surface area contributed by atoms with E-state index in [1.54, 1.807) is 7.05 Å².